The lowest BCUT2D eigenvalue weighted by Crippen LogP contribution is -2.37. The van der Waals surface area contributed by atoms with Crippen LogP contribution in [0.2, 0.25) is 0 Å². The van der Waals surface area contributed by atoms with Crippen LogP contribution in [0.4, 0.5) is 11.4 Å². The monoisotopic (exact) mass is 375 g/mol. The van der Waals surface area contributed by atoms with Crippen LogP contribution in [-0.2, 0) is 14.8 Å². The Hall–Kier alpha value is -3.27. The van der Waals surface area contributed by atoms with Gasteiger partial charge in [-0.1, -0.05) is 18.2 Å². The molecule has 1 N–H and O–H groups in total. The van der Waals surface area contributed by atoms with Crippen molar-refractivity contribution >= 4 is 33.2 Å². The number of carbonyl (C=O) groups excluding carboxylic acids is 2. The van der Waals surface area contributed by atoms with Gasteiger partial charge in [0.2, 0.25) is 5.91 Å². The Kier molecular flexibility index (Phi) is 4.20. The molecule has 0 aliphatic carbocycles. The number of fused-ring (bicyclic) bond motifs is 1. The highest BCUT2D eigenvalue weighted by Crippen LogP contribution is 2.30. The molecule has 134 valence electrons. The standard InChI is InChI=1S/C16H13N3O6S/c1-10-6-7-12(13(8-10)19(22)23)17-15(20)9-18-16(21)11-4-2-3-5-14(11)26(18,24)25/h2-8H,9H2,1H3,(H,17,20). The summed E-state index contributed by atoms with van der Waals surface area (Å²) in [6.07, 6.45) is 0. The van der Waals surface area contributed by atoms with Gasteiger partial charge in [-0.3, -0.25) is 19.7 Å². The third kappa shape index (κ3) is 2.90. The molecule has 2 aromatic carbocycles. The molecular weight excluding hydrogens is 362 g/mol. The van der Waals surface area contributed by atoms with Crippen LogP contribution in [0, 0.1) is 17.0 Å². The van der Waals surface area contributed by atoms with E-state index in [1.165, 1.54) is 36.4 Å². The molecule has 2 amide bonds. The van der Waals surface area contributed by atoms with Gasteiger partial charge in [0, 0.05) is 6.07 Å². The van der Waals surface area contributed by atoms with E-state index in [1.807, 2.05) is 0 Å². The number of benzene rings is 2. The molecule has 1 aliphatic rings. The number of sulfonamides is 1. The van der Waals surface area contributed by atoms with Gasteiger partial charge in [-0.25, -0.2) is 12.7 Å². The van der Waals surface area contributed by atoms with E-state index in [2.05, 4.69) is 5.32 Å². The van der Waals surface area contributed by atoms with Crippen LogP contribution in [0.5, 0.6) is 0 Å². The molecule has 0 atom stereocenters. The summed E-state index contributed by atoms with van der Waals surface area (Å²) < 4.78 is 25.3. The smallest absolute Gasteiger partial charge is 0.293 e. The maximum atomic E-state index is 12.4. The normalized spacial score (nSPS) is 14.8. The van der Waals surface area contributed by atoms with Crippen molar-refractivity contribution in [3.8, 4) is 0 Å². The summed E-state index contributed by atoms with van der Waals surface area (Å²) in [7, 11) is -4.13. The third-order valence-corrected chi connectivity index (χ3v) is 5.61. The molecule has 26 heavy (non-hydrogen) atoms. The number of nitrogens with one attached hydrogen (secondary N) is 1. The second-order valence-corrected chi connectivity index (χ2v) is 7.47. The summed E-state index contributed by atoms with van der Waals surface area (Å²) in [5, 5.41) is 13.4. The van der Waals surface area contributed by atoms with Crippen molar-refractivity contribution < 1.29 is 22.9 Å². The van der Waals surface area contributed by atoms with Crippen molar-refractivity contribution in [1.29, 1.82) is 0 Å². The third-order valence-electron chi connectivity index (χ3n) is 3.82. The number of nitro groups is 1. The topological polar surface area (TPSA) is 127 Å². The van der Waals surface area contributed by atoms with E-state index >= 15 is 0 Å². The van der Waals surface area contributed by atoms with Crippen LogP contribution < -0.4 is 5.32 Å². The van der Waals surface area contributed by atoms with E-state index in [-0.39, 0.29) is 21.8 Å². The Bertz CT molecular complexity index is 1050. The molecule has 1 aliphatic heterocycles. The lowest BCUT2D eigenvalue weighted by atomic mass is 10.2. The molecule has 10 heteroatoms. The van der Waals surface area contributed by atoms with Crippen LogP contribution in [0.3, 0.4) is 0 Å². The molecule has 0 saturated carbocycles. The van der Waals surface area contributed by atoms with E-state index in [1.54, 1.807) is 13.0 Å². The highest BCUT2D eigenvalue weighted by molar-refractivity contribution is 7.90. The number of anilines is 1. The van der Waals surface area contributed by atoms with Crippen molar-refractivity contribution in [2.45, 2.75) is 11.8 Å². The number of nitro benzene ring substituents is 1. The minimum atomic E-state index is -4.13. The van der Waals surface area contributed by atoms with Gasteiger partial charge in [0.25, 0.3) is 21.6 Å². The molecule has 0 radical (unpaired) electrons. The first kappa shape index (κ1) is 17.5. The van der Waals surface area contributed by atoms with Gasteiger partial charge >= 0.3 is 0 Å². The lowest BCUT2D eigenvalue weighted by molar-refractivity contribution is -0.384. The number of carbonyl (C=O) groups is 2. The Morgan fingerprint density at radius 2 is 1.92 bits per heavy atom. The van der Waals surface area contributed by atoms with Crippen molar-refractivity contribution in [1.82, 2.24) is 4.31 Å². The molecule has 0 fully saturated rings. The first-order valence-corrected chi connectivity index (χ1v) is 8.87. The summed E-state index contributed by atoms with van der Waals surface area (Å²) in [5.74, 6) is -1.67. The molecule has 0 bridgehead atoms. The second kappa shape index (κ2) is 6.23. The number of aryl methyl sites for hydroxylation is 1. The molecule has 0 unspecified atom stereocenters. The number of hydrogen-bond donors (Lipinski definition) is 1. The minimum absolute atomic E-state index is 0.0124. The summed E-state index contributed by atoms with van der Waals surface area (Å²) >= 11 is 0. The lowest BCUT2D eigenvalue weighted by Gasteiger charge is -2.15. The highest BCUT2D eigenvalue weighted by atomic mass is 32.2. The van der Waals surface area contributed by atoms with Crippen LogP contribution in [0.25, 0.3) is 0 Å². The predicted molar refractivity (Wildman–Crippen MR) is 91.1 cm³/mol. The zero-order chi connectivity index (χ0) is 19.1. The molecule has 9 nitrogen and oxygen atoms in total. The number of rotatable bonds is 4. The number of nitrogens with zero attached hydrogens (tertiary/aromatic N) is 2. The van der Waals surface area contributed by atoms with E-state index in [0.29, 0.717) is 9.87 Å². The van der Waals surface area contributed by atoms with E-state index in [0.717, 1.165) is 0 Å². The first-order chi connectivity index (χ1) is 12.2. The van der Waals surface area contributed by atoms with Crippen molar-refractivity contribution in [2.24, 2.45) is 0 Å². The molecule has 3 rings (SSSR count). The zero-order valence-corrected chi connectivity index (χ0v) is 14.3. The van der Waals surface area contributed by atoms with Gasteiger partial charge in [0.1, 0.15) is 17.1 Å². The van der Waals surface area contributed by atoms with Crippen LogP contribution in [0.15, 0.2) is 47.4 Å². The molecular formula is C16H13N3O6S. The summed E-state index contributed by atoms with van der Waals surface area (Å²) in [4.78, 5) is 34.8. The highest BCUT2D eigenvalue weighted by Gasteiger charge is 2.41. The maximum absolute atomic E-state index is 12.4. The fourth-order valence-corrected chi connectivity index (χ4v) is 4.13. The molecule has 1 heterocycles. The predicted octanol–water partition coefficient (Wildman–Crippen LogP) is 1.69. The summed E-state index contributed by atoms with van der Waals surface area (Å²) in [6, 6.07) is 9.83. The van der Waals surface area contributed by atoms with Crippen molar-refractivity contribution in [3.05, 3.63) is 63.7 Å². The van der Waals surface area contributed by atoms with Gasteiger partial charge in [-0.15, -0.1) is 0 Å². The largest absolute Gasteiger partial charge is 0.319 e. The summed E-state index contributed by atoms with van der Waals surface area (Å²) in [6.45, 7) is 0.881. The number of amides is 2. The minimum Gasteiger partial charge on any atom is -0.319 e. The van der Waals surface area contributed by atoms with E-state index < -0.39 is 33.3 Å². The van der Waals surface area contributed by atoms with Gasteiger partial charge in [0.05, 0.1) is 10.5 Å². The Balaban J connectivity index is 1.84. The molecule has 0 spiro atoms. The van der Waals surface area contributed by atoms with Crippen LogP contribution >= 0.6 is 0 Å². The van der Waals surface area contributed by atoms with Gasteiger partial charge < -0.3 is 5.32 Å². The maximum Gasteiger partial charge on any atom is 0.293 e. The summed E-state index contributed by atoms with van der Waals surface area (Å²) in [5.41, 5.74) is 0.216. The number of hydrogen-bond acceptors (Lipinski definition) is 6. The van der Waals surface area contributed by atoms with Crippen LogP contribution in [-0.4, -0.2) is 36.0 Å². The van der Waals surface area contributed by atoms with Gasteiger partial charge in [0.15, 0.2) is 0 Å². The van der Waals surface area contributed by atoms with Crippen molar-refractivity contribution in [2.75, 3.05) is 11.9 Å². The molecule has 0 aromatic heterocycles. The SMILES string of the molecule is Cc1ccc(NC(=O)CN2C(=O)c3ccccc3S2(=O)=O)c([N+](=O)[O-])c1. The first-order valence-electron chi connectivity index (χ1n) is 7.43. The average Bonchev–Trinajstić information content (AvgIpc) is 2.78. The van der Waals surface area contributed by atoms with Gasteiger partial charge in [-0.2, -0.15) is 0 Å². The van der Waals surface area contributed by atoms with Crippen molar-refractivity contribution in [3.63, 3.8) is 0 Å². The van der Waals surface area contributed by atoms with E-state index in [9.17, 15) is 28.1 Å². The van der Waals surface area contributed by atoms with E-state index in [4.69, 9.17) is 0 Å². The zero-order valence-electron chi connectivity index (χ0n) is 13.5. The quantitative estimate of drug-likeness (QED) is 0.640. The Morgan fingerprint density at radius 3 is 2.58 bits per heavy atom. The Morgan fingerprint density at radius 1 is 1.23 bits per heavy atom. The van der Waals surface area contributed by atoms with Gasteiger partial charge in [-0.05, 0) is 30.7 Å². The Labute approximate surface area is 148 Å². The fraction of sp³-hybridized carbons (Fsp3) is 0.125. The molecule has 2 aromatic rings. The fourth-order valence-electron chi connectivity index (χ4n) is 2.61. The average molecular weight is 375 g/mol. The second-order valence-electron chi connectivity index (χ2n) is 5.64. The molecule has 0 saturated heterocycles. The van der Waals surface area contributed by atoms with Crippen LogP contribution in [0.1, 0.15) is 15.9 Å².